The van der Waals surface area contributed by atoms with Crippen LogP contribution in [0.5, 0.6) is 0 Å². The molecule has 1 aliphatic heterocycles. The second-order valence-electron chi connectivity index (χ2n) is 5.33. The van der Waals surface area contributed by atoms with Crippen LogP contribution in [0.15, 0.2) is 24.3 Å². The van der Waals surface area contributed by atoms with Crippen molar-refractivity contribution in [3.05, 3.63) is 24.3 Å². The van der Waals surface area contributed by atoms with E-state index in [2.05, 4.69) is 22.9 Å². The van der Waals surface area contributed by atoms with Crippen LogP contribution in [-0.4, -0.2) is 24.4 Å². The Labute approximate surface area is 131 Å². The van der Waals surface area contributed by atoms with Crippen molar-refractivity contribution in [2.24, 2.45) is 5.92 Å². The van der Waals surface area contributed by atoms with Crippen molar-refractivity contribution in [1.82, 2.24) is 5.32 Å². The third-order valence-corrected chi connectivity index (χ3v) is 3.44. The lowest BCUT2D eigenvalue weighted by Crippen LogP contribution is -2.40. The number of hydrogen-bond donors (Lipinski definition) is 3. The van der Waals surface area contributed by atoms with Gasteiger partial charge >= 0.3 is 0 Å². The van der Waals surface area contributed by atoms with Crippen LogP contribution in [0.1, 0.15) is 26.7 Å². The largest absolute Gasteiger partial charge is 0.326 e. The minimum absolute atomic E-state index is 0. The quantitative estimate of drug-likeness (QED) is 0.803. The molecule has 0 bridgehead atoms. The number of amides is 2. The van der Waals surface area contributed by atoms with E-state index in [0.717, 1.165) is 19.4 Å². The number of halogens is 1. The molecule has 0 aliphatic carbocycles. The summed E-state index contributed by atoms with van der Waals surface area (Å²) in [5.41, 5.74) is 1.40. The number of carbonyl (C=O) groups excluding carboxylic acids is 2. The number of piperidine rings is 1. The lowest BCUT2D eigenvalue weighted by atomic mass is 9.92. The molecule has 116 valence electrons. The fourth-order valence-corrected chi connectivity index (χ4v) is 2.49. The van der Waals surface area contributed by atoms with Crippen molar-refractivity contribution in [2.45, 2.75) is 32.7 Å². The van der Waals surface area contributed by atoms with Crippen molar-refractivity contribution in [1.29, 1.82) is 0 Å². The average Bonchev–Trinajstić information content (AvgIpc) is 2.38. The summed E-state index contributed by atoms with van der Waals surface area (Å²) >= 11 is 0. The van der Waals surface area contributed by atoms with E-state index in [1.807, 2.05) is 12.1 Å². The van der Waals surface area contributed by atoms with Gasteiger partial charge in [0, 0.05) is 30.3 Å². The summed E-state index contributed by atoms with van der Waals surface area (Å²) in [4.78, 5) is 23.2. The maximum atomic E-state index is 12.2. The summed E-state index contributed by atoms with van der Waals surface area (Å²) in [5.74, 6) is -0.0188. The molecular formula is C15H22ClN3O2. The first kappa shape index (κ1) is 17.5. The van der Waals surface area contributed by atoms with Crippen molar-refractivity contribution in [3.8, 4) is 0 Å². The number of carbonyl (C=O) groups is 2. The zero-order chi connectivity index (χ0) is 14.5. The number of benzene rings is 1. The molecular weight excluding hydrogens is 290 g/mol. The van der Waals surface area contributed by atoms with Gasteiger partial charge in [0.25, 0.3) is 0 Å². The molecule has 3 N–H and O–H groups in total. The molecule has 1 saturated heterocycles. The summed E-state index contributed by atoms with van der Waals surface area (Å²) in [5, 5.41) is 8.97. The number of rotatable bonds is 3. The lowest BCUT2D eigenvalue weighted by Gasteiger charge is -2.27. The fourth-order valence-electron chi connectivity index (χ4n) is 2.49. The molecule has 0 aromatic heterocycles. The van der Waals surface area contributed by atoms with Gasteiger partial charge in [-0.2, -0.15) is 0 Å². The minimum Gasteiger partial charge on any atom is -0.326 e. The fraction of sp³-hybridized carbons (Fsp3) is 0.467. The highest BCUT2D eigenvalue weighted by molar-refractivity contribution is 5.94. The highest BCUT2D eigenvalue weighted by Crippen LogP contribution is 2.20. The van der Waals surface area contributed by atoms with Gasteiger partial charge in [-0.3, -0.25) is 9.59 Å². The van der Waals surface area contributed by atoms with Gasteiger partial charge < -0.3 is 16.0 Å². The highest BCUT2D eigenvalue weighted by Gasteiger charge is 2.24. The number of anilines is 2. The maximum Gasteiger partial charge on any atom is 0.227 e. The third kappa shape index (κ3) is 5.36. The van der Waals surface area contributed by atoms with Gasteiger partial charge in [-0.05, 0) is 44.5 Å². The van der Waals surface area contributed by atoms with Crippen molar-refractivity contribution in [2.75, 3.05) is 17.2 Å². The molecule has 21 heavy (non-hydrogen) atoms. The lowest BCUT2D eigenvalue weighted by molar-refractivity contribution is -0.120. The van der Waals surface area contributed by atoms with Crippen LogP contribution in [0.2, 0.25) is 0 Å². The van der Waals surface area contributed by atoms with Crippen molar-refractivity contribution in [3.63, 3.8) is 0 Å². The summed E-state index contributed by atoms with van der Waals surface area (Å²) in [7, 11) is 0. The summed E-state index contributed by atoms with van der Waals surface area (Å²) < 4.78 is 0. The van der Waals surface area contributed by atoms with Gasteiger partial charge in [0.05, 0.1) is 0 Å². The Morgan fingerprint density at radius 2 is 1.90 bits per heavy atom. The molecule has 2 rings (SSSR count). The molecule has 0 spiro atoms. The second kappa shape index (κ2) is 8.00. The van der Waals surface area contributed by atoms with Crippen LogP contribution < -0.4 is 16.0 Å². The zero-order valence-corrected chi connectivity index (χ0v) is 13.1. The molecule has 2 amide bonds. The Kier molecular flexibility index (Phi) is 6.65. The molecule has 1 aromatic rings. The first-order valence-corrected chi connectivity index (χ1v) is 6.96. The molecule has 0 radical (unpaired) electrons. The SMILES string of the molecule is CC(=O)Nc1cccc(NC(=O)[C@H]2CCN[C@@H](C)C2)c1.Cl. The first-order chi connectivity index (χ1) is 9.54. The molecule has 1 aromatic carbocycles. The Bertz CT molecular complexity index is 507. The van der Waals surface area contributed by atoms with Gasteiger partial charge in [-0.25, -0.2) is 0 Å². The van der Waals surface area contributed by atoms with Gasteiger partial charge in [0.2, 0.25) is 11.8 Å². The zero-order valence-electron chi connectivity index (χ0n) is 12.3. The smallest absolute Gasteiger partial charge is 0.227 e. The predicted molar refractivity (Wildman–Crippen MR) is 86.8 cm³/mol. The molecule has 0 unspecified atom stereocenters. The van der Waals surface area contributed by atoms with E-state index in [1.54, 1.807) is 12.1 Å². The molecule has 1 heterocycles. The Morgan fingerprint density at radius 3 is 2.52 bits per heavy atom. The van der Waals surface area contributed by atoms with E-state index in [0.29, 0.717) is 17.4 Å². The molecule has 5 nitrogen and oxygen atoms in total. The maximum absolute atomic E-state index is 12.2. The van der Waals surface area contributed by atoms with E-state index in [9.17, 15) is 9.59 Å². The third-order valence-electron chi connectivity index (χ3n) is 3.44. The van der Waals surface area contributed by atoms with E-state index < -0.39 is 0 Å². The standard InChI is InChI=1S/C15H21N3O2.ClH/c1-10-8-12(6-7-16-10)15(20)18-14-5-3-4-13(9-14)17-11(2)19;/h3-5,9-10,12,16H,6-8H2,1-2H3,(H,17,19)(H,18,20);1H/t10-,12-;/m0./s1. The Morgan fingerprint density at radius 1 is 1.24 bits per heavy atom. The van der Waals surface area contributed by atoms with E-state index in [4.69, 9.17) is 0 Å². The van der Waals surface area contributed by atoms with E-state index >= 15 is 0 Å². The summed E-state index contributed by atoms with van der Waals surface area (Å²) in [6.45, 7) is 4.43. The highest BCUT2D eigenvalue weighted by atomic mass is 35.5. The van der Waals surface area contributed by atoms with Gasteiger partial charge in [-0.1, -0.05) is 6.07 Å². The van der Waals surface area contributed by atoms with Crippen LogP contribution in [0, 0.1) is 5.92 Å². The normalized spacial score (nSPS) is 21.0. The van der Waals surface area contributed by atoms with Crippen LogP contribution in [0.3, 0.4) is 0 Å². The van der Waals surface area contributed by atoms with Crippen LogP contribution in [-0.2, 0) is 9.59 Å². The molecule has 2 atom stereocenters. The van der Waals surface area contributed by atoms with Crippen LogP contribution in [0.4, 0.5) is 11.4 Å². The van der Waals surface area contributed by atoms with Gasteiger partial charge in [0.1, 0.15) is 0 Å². The Balaban J connectivity index is 0.00000220. The van der Waals surface area contributed by atoms with Crippen LogP contribution in [0.25, 0.3) is 0 Å². The van der Waals surface area contributed by atoms with Crippen molar-refractivity contribution >= 4 is 35.6 Å². The minimum atomic E-state index is -0.124. The van der Waals surface area contributed by atoms with E-state index in [-0.39, 0.29) is 30.1 Å². The number of nitrogens with one attached hydrogen (secondary N) is 3. The molecule has 1 fully saturated rings. The Hall–Kier alpha value is -1.59. The van der Waals surface area contributed by atoms with E-state index in [1.165, 1.54) is 6.92 Å². The summed E-state index contributed by atoms with van der Waals surface area (Å²) in [6.07, 6.45) is 1.72. The molecule has 1 aliphatic rings. The van der Waals surface area contributed by atoms with Crippen LogP contribution >= 0.6 is 12.4 Å². The summed E-state index contributed by atoms with van der Waals surface area (Å²) in [6, 6.07) is 7.58. The molecule has 6 heteroatoms. The monoisotopic (exact) mass is 311 g/mol. The average molecular weight is 312 g/mol. The second-order valence-corrected chi connectivity index (χ2v) is 5.33. The molecule has 0 saturated carbocycles. The number of hydrogen-bond acceptors (Lipinski definition) is 3. The van der Waals surface area contributed by atoms with Gasteiger partial charge in [-0.15, -0.1) is 12.4 Å². The predicted octanol–water partition coefficient (Wildman–Crippen LogP) is 2.39. The van der Waals surface area contributed by atoms with Gasteiger partial charge in [0.15, 0.2) is 0 Å². The van der Waals surface area contributed by atoms with Crippen molar-refractivity contribution < 1.29 is 9.59 Å². The topological polar surface area (TPSA) is 70.2 Å². The first-order valence-electron chi connectivity index (χ1n) is 6.96.